The Morgan fingerprint density at radius 3 is 2.94 bits per heavy atom. The van der Waals surface area contributed by atoms with Gasteiger partial charge in [-0.3, -0.25) is 0 Å². The number of rotatable bonds is 3. The summed E-state index contributed by atoms with van der Waals surface area (Å²) in [5.74, 6) is 0.640. The minimum atomic E-state index is 0.374. The highest BCUT2D eigenvalue weighted by Gasteiger charge is 2.15. The van der Waals surface area contributed by atoms with Gasteiger partial charge < -0.3 is 14.9 Å². The Morgan fingerprint density at radius 1 is 1.28 bits per heavy atom. The van der Waals surface area contributed by atoms with E-state index in [1.54, 1.807) is 6.07 Å². The van der Waals surface area contributed by atoms with Crippen LogP contribution in [0.3, 0.4) is 0 Å². The maximum Gasteiger partial charge on any atom is 0.221 e. The molecule has 1 aromatic heterocycles. The molecule has 0 unspecified atom stereocenters. The number of anilines is 1. The van der Waals surface area contributed by atoms with Gasteiger partial charge in [-0.25, -0.2) is 4.98 Å². The van der Waals surface area contributed by atoms with Crippen LogP contribution < -0.4 is 5.73 Å². The SMILES string of the molecule is Nc1ccc2nc(COC3CCCCC3)oc2c1. The van der Waals surface area contributed by atoms with E-state index < -0.39 is 0 Å². The molecule has 1 aliphatic rings. The number of nitrogens with zero attached hydrogens (tertiary/aromatic N) is 1. The zero-order valence-electron chi connectivity index (χ0n) is 10.4. The predicted molar refractivity (Wildman–Crippen MR) is 70.1 cm³/mol. The molecule has 18 heavy (non-hydrogen) atoms. The molecule has 1 saturated carbocycles. The minimum Gasteiger partial charge on any atom is -0.438 e. The molecule has 0 aliphatic heterocycles. The summed E-state index contributed by atoms with van der Waals surface area (Å²) in [5, 5.41) is 0. The van der Waals surface area contributed by atoms with Crippen LogP contribution in [-0.2, 0) is 11.3 Å². The monoisotopic (exact) mass is 246 g/mol. The van der Waals surface area contributed by atoms with Gasteiger partial charge >= 0.3 is 0 Å². The first-order valence-corrected chi connectivity index (χ1v) is 6.58. The number of fused-ring (bicyclic) bond motifs is 1. The highest BCUT2D eigenvalue weighted by molar-refractivity contribution is 5.76. The van der Waals surface area contributed by atoms with Crippen molar-refractivity contribution in [3.05, 3.63) is 24.1 Å². The summed E-state index contributed by atoms with van der Waals surface area (Å²) in [5.41, 5.74) is 7.97. The minimum absolute atomic E-state index is 0.374. The molecule has 4 nitrogen and oxygen atoms in total. The molecule has 1 fully saturated rings. The van der Waals surface area contributed by atoms with Gasteiger partial charge in [0, 0.05) is 11.8 Å². The van der Waals surface area contributed by atoms with E-state index in [0.717, 1.165) is 23.9 Å². The lowest BCUT2D eigenvalue weighted by Crippen LogP contribution is -2.16. The fourth-order valence-corrected chi connectivity index (χ4v) is 2.47. The molecule has 0 spiro atoms. The average Bonchev–Trinajstić information content (AvgIpc) is 2.79. The number of hydrogen-bond acceptors (Lipinski definition) is 4. The predicted octanol–water partition coefficient (Wildman–Crippen LogP) is 3.26. The number of oxazole rings is 1. The van der Waals surface area contributed by atoms with Crippen LogP contribution in [0.1, 0.15) is 38.0 Å². The van der Waals surface area contributed by atoms with E-state index in [1.807, 2.05) is 12.1 Å². The zero-order valence-corrected chi connectivity index (χ0v) is 10.4. The molecular weight excluding hydrogens is 228 g/mol. The normalized spacial score (nSPS) is 17.3. The summed E-state index contributed by atoms with van der Waals surface area (Å²) in [6.07, 6.45) is 6.57. The topological polar surface area (TPSA) is 61.3 Å². The van der Waals surface area contributed by atoms with Crippen molar-refractivity contribution in [2.24, 2.45) is 0 Å². The van der Waals surface area contributed by atoms with Gasteiger partial charge in [0.1, 0.15) is 12.1 Å². The fourth-order valence-electron chi connectivity index (χ4n) is 2.47. The second-order valence-electron chi connectivity index (χ2n) is 4.91. The Morgan fingerprint density at radius 2 is 2.11 bits per heavy atom. The Kier molecular flexibility index (Phi) is 3.19. The van der Waals surface area contributed by atoms with Crippen molar-refractivity contribution in [2.75, 3.05) is 5.73 Å². The van der Waals surface area contributed by atoms with Crippen molar-refractivity contribution in [1.82, 2.24) is 4.98 Å². The first kappa shape index (κ1) is 11.5. The number of nitrogens with two attached hydrogens (primary N) is 1. The van der Waals surface area contributed by atoms with Crippen LogP contribution in [0.5, 0.6) is 0 Å². The molecular formula is C14H18N2O2. The highest BCUT2D eigenvalue weighted by atomic mass is 16.5. The third-order valence-electron chi connectivity index (χ3n) is 3.45. The van der Waals surface area contributed by atoms with Gasteiger partial charge in [0.15, 0.2) is 5.58 Å². The van der Waals surface area contributed by atoms with Gasteiger partial charge in [0.05, 0.1) is 6.10 Å². The molecule has 2 aromatic rings. The highest BCUT2D eigenvalue weighted by Crippen LogP contribution is 2.23. The lowest BCUT2D eigenvalue weighted by Gasteiger charge is -2.21. The zero-order chi connectivity index (χ0) is 12.4. The summed E-state index contributed by atoms with van der Waals surface area (Å²) in [4.78, 5) is 4.39. The van der Waals surface area contributed by atoms with Crippen LogP contribution in [0, 0.1) is 0 Å². The van der Waals surface area contributed by atoms with E-state index >= 15 is 0 Å². The number of aromatic nitrogens is 1. The summed E-state index contributed by atoms with van der Waals surface area (Å²) in [6.45, 7) is 0.458. The van der Waals surface area contributed by atoms with Gasteiger partial charge in [0.25, 0.3) is 0 Å². The standard InChI is InChI=1S/C14H18N2O2/c15-10-6-7-12-13(8-10)18-14(16-12)9-17-11-4-2-1-3-5-11/h6-8,11H,1-5,9,15H2. The Hall–Kier alpha value is -1.55. The first-order valence-electron chi connectivity index (χ1n) is 6.58. The van der Waals surface area contributed by atoms with Crippen LogP contribution in [0.2, 0.25) is 0 Å². The second kappa shape index (κ2) is 4.98. The largest absolute Gasteiger partial charge is 0.438 e. The van der Waals surface area contributed by atoms with Crippen molar-refractivity contribution < 1.29 is 9.15 Å². The van der Waals surface area contributed by atoms with Crippen LogP contribution >= 0.6 is 0 Å². The quantitative estimate of drug-likeness (QED) is 0.844. The van der Waals surface area contributed by atoms with Crippen molar-refractivity contribution in [1.29, 1.82) is 0 Å². The van der Waals surface area contributed by atoms with Gasteiger partial charge in [-0.15, -0.1) is 0 Å². The lowest BCUT2D eigenvalue weighted by molar-refractivity contribution is 0.00726. The third-order valence-corrected chi connectivity index (χ3v) is 3.45. The van der Waals surface area contributed by atoms with Crippen molar-refractivity contribution >= 4 is 16.8 Å². The summed E-state index contributed by atoms with van der Waals surface area (Å²) in [7, 11) is 0. The molecule has 4 heteroatoms. The van der Waals surface area contributed by atoms with Crippen molar-refractivity contribution in [3.8, 4) is 0 Å². The molecule has 0 amide bonds. The fraction of sp³-hybridized carbons (Fsp3) is 0.500. The van der Waals surface area contributed by atoms with Crippen molar-refractivity contribution in [2.45, 2.75) is 44.8 Å². The molecule has 0 bridgehead atoms. The van der Waals surface area contributed by atoms with Gasteiger partial charge in [-0.2, -0.15) is 0 Å². The number of nitrogen functional groups attached to an aromatic ring is 1. The van der Waals surface area contributed by atoms with E-state index in [0.29, 0.717) is 24.3 Å². The number of benzene rings is 1. The van der Waals surface area contributed by atoms with Gasteiger partial charge in [-0.05, 0) is 25.0 Å². The Balaban J connectivity index is 1.67. The van der Waals surface area contributed by atoms with Gasteiger partial charge in [0.2, 0.25) is 5.89 Å². The third kappa shape index (κ3) is 2.48. The number of ether oxygens (including phenoxy) is 1. The van der Waals surface area contributed by atoms with Crippen LogP contribution in [0.25, 0.3) is 11.1 Å². The van der Waals surface area contributed by atoms with Gasteiger partial charge in [-0.1, -0.05) is 19.3 Å². The maximum absolute atomic E-state index is 5.84. The molecule has 0 radical (unpaired) electrons. The van der Waals surface area contributed by atoms with E-state index in [1.165, 1.54) is 19.3 Å². The van der Waals surface area contributed by atoms with Crippen LogP contribution in [-0.4, -0.2) is 11.1 Å². The Bertz CT molecular complexity index is 530. The summed E-state index contributed by atoms with van der Waals surface area (Å²) < 4.78 is 11.5. The lowest BCUT2D eigenvalue weighted by atomic mass is 9.98. The summed E-state index contributed by atoms with van der Waals surface area (Å²) >= 11 is 0. The molecule has 1 aliphatic carbocycles. The molecule has 0 atom stereocenters. The number of hydrogen-bond donors (Lipinski definition) is 1. The van der Waals surface area contributed by atoms with E-state index in [9.17, 15) is 0 Å². The van der Waals surface area contributed by atoms with Crippen molar-refractivity contribution in [3.63, 3.8) is 0 Å². The molecule has 1 aromatic carbocycles. The van der Waals surface area contributed by atoms with E-state index in [-0.39, 0.29) is 0 Å². The molecule has 1 heterocycles. The molecule has 3 rings (SSSR count). The molecule has 2 N–H and O–H groups in total. The second-order valence-corrected chi connectivity index (χ2v) is 4.91. The summed E-state index contributed by atoms with van der Waals surface area (Å²) in [6, 6.07) is 5.50. The maximum atomic E-state index is 5.84. The average molecular weight is 246 g/mol. The Labute approximate surface area is 106 Å². The van der Waals surface area contributed by atoms with Crippen LogP contribution in [0.15, 0.2) is 22.6 Å². The molecule has 96 valence electrons. The van der Waals surface area contributed by atoms with E-state index in [4.69, 9.17) is 14.9 Å². The molecule has 0 saturated heterocycles. The van der Waals surface area contributed by atoms with E-state index in [2.05, 4.69) is 4.98 Å². The first-order chi connectivity index (χ1) is 8.81. The van der Waals surface area contributed by atoms with Crippen LogP contribution in [0.4, 0.5) is 5.69 Å². The smallest absolute Gasteiger partial charge is 0.221 e.